The van der Waals surface area contributed by atoms with Gasteiger partial charge >= 0.3 is 6.18 Å². The molecule has 0 unspecified atom stereocenters. The van der Waals surface area contributed by atoms with Crippen LogP contribution >= 0.6 is 22.9 Å². The summed E-state index contributed by atoms with van der Waals surface area (Å²) in [6.07, 6.45) is -2.07. The molecule has 1 aromatic carbocycles. The smallest absolute Gasteiger partial charge is 0.274 e. The lowest BCUT2D eigenvalue weighted by molar-refractivity contribution is -0.141. The predicted molar refractivity (Wildman–Crippen MR) is 109 cm³/mol. The second kappa shape index (κ2) is 7.71. The van der Waals surface area contributed by atoms with E-state index < -0.39 is 21.9 Å². The largest absolute Gasteiger partial charge is 0.433 e. The minimum atomic E-state index is -4.69. The number of nitrogens with zero attached hydrogens (tertiary/aromatic N) is 4. The van der Waals surface area contributed by atoms with Gasteiger partial charge in [-0.1, -0.05) is 23.7 Å². The number of imidazole rings is 1. The number of hydrogen-bond donors (Lipinski definition) is 1. The van der Waals surface area contributed by atoms with Crippen molar-refractivity contribution < 1.29 is 21.6 Å². The minimum absolute atomic E-state index is 0.0562. The average molecular weight is 486 g/mol. The van der Waals surface area contributed by atoms with E-state index in [9.17, 15) is 21.6 Å². The second-order valence-electron chi connectivity index (χ2n) is 6.28. The fourth-order valence-corrected chi connectivity index (χ4v) is 4.25. The van der Waals surface area contributed by atoms with E-state index in [0.29, 0.717) is 20.5 Å². The van der Waals surface area contributed by atoms with E-state index in [1.165, 1.54) is 35.3 Å². The highest BCUT2D eigenvalue weighted by molar-refractivity contribution is 7.89. The van der Waals surface area contributed by atoms with E-state index in [4.69, 9.17) is 16.7 Å². The van der Waals surface area contributed by atoms with E-state index in [0.717, 1.165) is 17.4 Å². The number of benzene rings is 1. The highest BCUT2D eigenvalue weighted by atomic mass is 35.5. The summed E-state index contributed by atoms with van der Waals surface area (Å²) < 4.78 is 65.0. The van der Waals surface area contributed by atoms with Gasteiger partial charge in [0.15, 0.2) is 5.69 Å². The summed E-state index contributed by atoms with van der Waals surface area (Å²) in [5.41, 5.74) is -0.362. The van der Waals surface area contributed by atoms with Gasteiger partial charge in [-0.15, -0.1) is 11.3 Å². The molecule has 0 amide bonds. The molecule has 0 radical (unpaired) electrons. The zero-order valence-corrected chi connectivity index (χ0v) is 17.6. The first-order chi connectivity index (χ1) is 14.5. The molecule has 3 heterocycles. The van der Waals surface area contributed by atoms with Gasteiger partial charge in [-0.3, -0.25) is 4.57 Å². The zero-order valence-electron chi connectivity index (χ0n) is 15.2. The summed E-state index contributed by atoms with van der Waals surface area (Å²) >= 11 is 6.98. The van der Waals surface area contributed by atoms with Crippen LogP contribution in [0.1, 0.15) is 5.69 Å². The van der Waals surface area contributed by atoms with Crippen molar-refractivity contribution in [3.05, 3.63) is 65.0 Å². The zero-order chi connectivity index (χ0) is 22.4. The van der Waals surface area contributed by atoms with Crippen LogP contribution in [0.5, 0.6) is 0 Å². The quantitative estimate of drug-likeness (QED) is 0.462. The van der Waals surface area contributed by atoms with Crippen LogP contribution in [0.15, 0.2) is 59.9 Å². The number of sulfonamides is 1. The molecule has 0 saturated carbocycles. The van der Waals surface area contributed by atoms with Gasteiger partial charge in [0.2, 0.25) is 16.0 Å². The monoisotopic (exact) mass is 485 g/mol. The molecule has 2 N–H and O–H groups in total. The Morgan fingerprint density at radius 2 is 1.84 bits per heavy atom. The Hall–Kier alpha value is -2.80. The van der Waals surface area contributed by atoms with Crippen molar-refractivity contribution >= 4 is 33.0 Å². The summed E-state index contributed by atoms with van der Waals surface area (Å²) in [4.78, 5) is 12.3. The molecule has 160 valence electrons. The third kappa shape index (κ3) is 4.61. The fraction of sp³-hybridized carbons (Fsp3) is 0.0556. The second-order valence-corrected chi connectivity index (χ2v) is 9.56. The van der Waals surface area contributed by atoms with Crippen molar-refractivity contribution in [2.45, 2.75) is 11.1 Å². The first-order valence-electron chi connectivity index (χ1n) is 8.40. The van der Waals surface area contributed by atoms with Crippen LogP contribution in [0.3, 0.4) is 0 Å². The minimum Gasteiger partial charge on any atom is -0.274 e. The highest BCUT2D eigenvalue weighted by Crippen LogP contribution is 2.34. The maximum absolute atomic E-state index is 13.4. The molecule has 0 aliphatic rings. The third-order valence-corrected chi connectivity index (χ3v) is 6.27. The van der Waals surface area contributed by atoms with Gasteiger partial charge < -0.3 is 0 Å². The maximum atomic E-state index is 13.4. The Labute approximate surface area is 183 Å². The summed E-state index contributed by atoms with van der Waals surface area (Å²) in [6.45, 7) is 0. The number of aromatic nitrogens is 4. The number of halogens is 4. The van der Waals surface area contributed by atoms with Gasteiger partial charge in [0.1, 0.15) is 6.33 Å². The van der Waals surface area contributed by atoms with Gasteiger partial charge in [0.25, 0.3) is 0 Å². The molecule has 0 aliphatic carbocycles. The molecular weight excluding hydrogens is 475 g/mol. The van der Waals surface area contributed by atoms with Gasteiger partial charge in [0.05, 0.1) is 25.5 Å². The van der Waals surface area contributed by atoms with Crippen molar-refractivity contribution in [1.82, 2.24) is 19.5 Å². The molecule has 31 heavy (non-hydrogen) atoms. The first-order valence-corrected chi connectivity index (χ1v) is 11.1. The molecule has 4 aromatic rings. The molecule has 13 heteroatoms. The van der Waals surface area contributed by atoms with Crippen molar-refractivity contribution in [2.75, 3.05) is 0 Å². The predicted octanol–water partition coefficient (Wildman–Crippen LogP) is 4.38. The molecule has 0 fully saturated rings. The van der Waals surface area contributed by atoms with Crippen molar-refractivity contribution in [3.8, 4) is 27.8 Å². The van der Waals surface area contributed by atoms with E-state index in [1.54, 1.807) is 18.2 Å². The summed E-state index contributed by atoms with van der Waals surface area (Å²) in [5.74, 6) is -0.254. The van der Waals surface area contributed by atoms with E-state index in [-0.39, 0.29) is 16.5 Å². The maximum Gasteiger partial charge on any atom is 0.433 e. The SMILES string of the molecule is NS(=O)(=O)c1cccc(-c2cn(-c3nc(-c4ccc(Cl)s4)cc(C(F)(F)F)n3)cn2)c1. The molecule has 0 aliphatic heterocycles. The Morgan fingerprint density at radius 1 is 1.06 bits per heavy atom. The van der Waals surface area contributed by atoms with E-state index in [2.05, 4.69) is 15.0 Å². The van der Waals surface area contributed by atoms with Crippen LogP contribution in [-0.4, -0.2) is 27.9 Å². The molecule has 0 bridgehead atoms. The van der Waals surface area contributed by atoms with E-state index >= 15 is 0 Å². The Kier molecular flexibility index (Phi) is 5.33. The lowest BCUT2D eigenvalue weighted by atomic mass is 10.2. The standard InChI is InChI=1S/C18H11ClF3N5O2S2/c19-16-5-4-14(30-16)12-7-15(18(20,21)22)26-17(25-12)27-8-13(24-9-27)10-2-1-3-11(6-10)31(23,28)29/h1-9H,(H2,23,28,29). The van der Waals surface area contributed by atoms with Gasteiger partial charge in [0, 0.05) is 11.8 Å². The molecular formula is C18H11ClF3N5O2S2. The molecule has 7 nitrogen and oxygen atoms in total. The van der Waals surface area contributed by atoms with Crippen LogP contribution < -0.4 is 5.14 Å². The summed E-state index contributed by atoms with van der Waals surface area (Å²) in [7, 11) is -3.93. The number of hydrogen-bond acceptors (Lipinski definition) is 6. The van der Waals surface area contributed by atoms with Crippen LogP contribution in [0, 0.1) is 0 Å². The molecule has 4 rings (SSSR count). The topological polar surface area (TPSA) is 104 Å². The Bertz CT molecular complexity index is 1380. The number of thiophene rings is 1. The van der Waals surface area contributed by atoms with Gasteiger partial charge in [-0.05, 0) is 30.3 Å². The van der Waals surface area contributed by atoms with E-state index in [1.807, 2.05) is 0 Å². The summed E-state index contributed by atoms with van der Waals surface area (Å²) in [6, 6.07) is 9.68. The molecule has 0 saturated heterocycles. The molecule has 3 aromatic heterocycles. The number of nitrogens with two attached hydrogens (primary N) is 1. The molecule has 0 atom stereocenters. The van der Waals surface area contributed by atoms with Crippen LogP contribution in [0.2, 0.25) is 4.34 Å². The third-order valence-electron chi connectivity index (χ3n) is 4.10. The number of alkyl halides is 3. The highest BCUT2D eigenvalue weighted by Gasteiger charge is 2.34. The first kappa shape index (κ1) is 21.4. The van der Waals surface area contributed by atoms with Crippen molar-refractivity contribution in [2.24, 2.45) is 5.14 Å². The van der Waals surface area contributed by atoms with Crippen LogP contribution in [0.25, 0.3) is 27.8 Å². The van der Waals surface area contributed by atoms with Crippen LogP contribution in [-0.2, 0) is 16.2 Å². The lowest BCUT2D eigenvalue weighted by Crippen LogP contribution is -2.12. The lowest BCUT2D eigenvalue weighted by Gasteiger charge is -2.10. The van der Waals surface area contributed by atoms with Crippen molar-refractivity contribution in [3.63, 3.8) is 0 Å². The Morgan fingerprint density at radius 3 is 2.48 bits per heavy atom. The number of rotatable bonds is 4. The average Bonchev–Trinajstić information content (AvgIpc) is 3.36. The van der Waals surface area contributed by atoms with Gasteiger partial charge in [-0.2, -0.15) is 13.2 Å². The summed E-state index contributed by atoms with van der Waals surface area (Å²) in [5, 5.41) is 5.14. The van der Waals surface area contributed by atoms with Crippen molar-refractivity contribution in [1.29, 1.82) is 0 Å². The number of primary sulfonamides is 1. The Balaban J connectivity index is 1.80. The normalized spacial score (nSPS) is 12.3. The van der Waals surface area contributed by atoms with Crippen LogP contribution in [0.4, 0.5) is 13.2 Å². The molecule has 0 spiro atoms. The van der Waals surface area contributed by atoms with Gasteiger partial charge in [-0.25, -0.2) is 28.5 Å². The fourth-order valence-electron chi connectivity index (χ4n) is 2.69.